The number of aliphatic carboxylic acids is 1. The summed E-state index contributed by atoms with van der Waals surface area (Å²) in [5.41, 5.74) is 0. The third-order valence-corrected chi connectivity index (χ3v) is 2.83. The maximum Gasteiger partial charge on any atom is 0.373 e. The largest absolute Gasteiger partial charge is 0.481 e. The number of carboxylic acids is 1. The zero-order chi connectivity index (χ0) is 10.6. The lowest BCUT2D eigenvalue weighted by Crippen LogP contribution is -2.37. The van der Waals surface area contributed by atoms with Gasteiger partial charge in [0.2, 0.25) is 0 Å². The van der Waals surface area contributed by atoms with Crippen LogP contribution in [0.5, 0.6) is 0 Å². The number of rotatable bonds is 4. The molecular formula is C9H18BNO3. The zero-order valence-corrected chi connectivity index (χ0v) is 8.57. The number of nitrogens with one attached hydrogen (secondary N) is 1. The second kappa shape index (κ2) is 5.36. The third kappa shape index (κ3) is 3.68. The summed E-state index contributed by atoms with van der Waals surface area (Å²) in [5.74, 6) is -0.448. The zero-order valence-electron chi connectivity index (χ0n) is 8.57. The molecule has 1 fully saturated rings. The maximum atomic E-state index is 10.8. The summed E-state index contributed by atoms with van der Waals surface area (Å²) < 4.78 is 0. The Kier molecular flexibility index (Phi) is 4.42. The molecule has 0 aromatic rings. The molecule has 0 radical (unpaired) electrons. The first kappa shape index (κ1) is 11.5. The lowest BCUT2D eigenvalue weighted by molar-refractivity contribution is -0.143. The molecule has 0 saturated heterocycles. The summed E-state index contributed by atoms with van der Waals surface area (Å²) in [5, 5.41) is 20.8. The molecule has 14 heavy (non-hydrogen) atoms. The van der Waals surface area contributed by atoms with E-state index in [4.69, 9.17) is 10.1 Å². The SMILES string of the molecule is CB(O)NC[C@@H]1CCC[C@H](C(=O)O)C1. The fourth-order valence-electron chi connectivity index (χ4n) is 2.04. The van der Waals surface area contributed by atoms with E-state index in [1.54, 1.807) is 6.82 Å². The predicted octanol–water partition coefficient (Wildman–Crippen LogP) is 0.577. The normalized spacial score (nSPS) is 27.3. The van der Waals surface area contributed by atoms with E-state index in [9.17, 15) is 4.79 Å². The van der Waals surface area contributed by atoms with E-state index in [0.29, 0.717) is 5.92 Å². The molecule has 2 atom stereocenters. The molecule has 1 saturated carbocycles. The van der Waals surface area contributed by atoms with Crippen molar-refractivity contribution in [1.82, 2.24) is 5.23 Å². The summed E-state index contributed by atoms with van der Waals surface area (Å²) in [4.78, 5) is 10.8. The van der Waals surface area contributed by atoms with Gasteiger partial charge in [0.05, 0.1) is 5.92 Å². The molecule has 80 valence electrons. The highest BCUT2D eigenvalue weighted by molar-refractivity contribution is 6.45. The number of carboxylic acid groups (broad SMARTS) is 1. The highest BCUT2D eigenvalue weighted by Crippen LogP contribution is 2.28. The van der Waals surface area contributed by atoms with Crippen molar-refractivity contribution in [3.05, 3.63) is 0 Å². The summed E-state index contributed by atoms with van der Waals surface area (Å²) in [6.07, 6.45) is 3.61. The molecule has 5 heteroatoms. The minimum Gasteiger partial charge on any atom is -0.481 e. The topological polar surface area (TPSA) is 69.6 Å². The summed E-state index contributed by atoms with van der Waals surface area (Å²) in [6, 6.07) is 0. The Balaban J connectivity index is 2.29. The fraction of sp³-hybridized carbons (Fsp3) is 0.889. The van der Waals surface area contributed by atoms with Gasteiger partial charge in [-0.05, 0) is 38.5 Å². The predicted molar refractivity (Wildman–Crippen MR) is 54.9 cm³/mol. The van der Waals surface area contributed by atoms with Gasteiger partial charge in [-0.15, -0.1) is 0 Å². The van der Waals surface area contributed by atoms with Crippen molar-refractivity contribution in [2.24, 2.45) is 11.8 Å². The van der Waals surface area contributed by atoms with E-state index in [1.165, 1.54) is 0 Å². The van der Waals surface area contributed by atoms with Gasteiger partial charge in [0.1, 0.15) is 0 Å². The molecule has 0 aliphatic heterocycles. The number of hydrogen-bond donors (Lipinski definition) is 3. The molecule has 0 unspecified atom stereocenters. The lowest BCUT2D eigenvalue weighted by atomic mass is 9.79. The fourth-order valence-corrected chi connectivity index (χ4v) is 2.04. The first-order valence-corrected chi connectivity index (χ1v) is 5.24. The quantitative estimate of drug-likeness (QED) is 0.579. The Morgan fingerprint density at radius 2 is 2.29 bits per heavy atom. The first-order chi connectivity index (χ1) is 6.59. The van der Waals surface area contributed by atoms with Crippen LogP contribution in [-0.2, 0) is 4.79 Å². The molecule has 1 rings (SSSR count). The van der Waals surface area contributed by atoms with Gasteiger partial charge in [-0.1, -0.05) is 6.42 Å². The Morgan fingerprint density at radius 3 is 2.86 bits per heavy atom. The van der Waals surface area contributed by atoms with Crippen molar-refractivity contribution in [3.63, 3.8) is 0 Å². The van der Waals surface area contributed by atoms with Gasteiger partial charge in [-0.2, -0.15) is 0 Å². The molecule has 0 heterocycles. The molecule has 3 N–H and O–H groups in total. The van der Waals surface area contributed by atoms with Gasteiger partial charge in [-0.3, -0.25) is 4.79 Å². The van der Waals surface area contributed by atoms with Crippen molar-refractivity contribution in [2.45, 2.75) is 32.5 Å². The van der Waals surface area contributed by atoms with Crippen LogP contribution in [0.2, 0.25) is 6.82 Å². The third-order valence-electron chi connectivity index (χ3n) is 2.83. The van der Waals surface area contributed by atoms with Crippen LogP contribution in [0.4, 0.5) is 0 Å². The van der Waals surface area contributed by atoms with Crippen LogP contribution >= 0.6 is 0 Å². The van der Waals surface area contributed by atoms with Gasteiger partial charge in [0.25, 0.3) is 0 Å². The summed E-state index contributed by atoms with van der Waals surface area (Å²) >= 11 is 0. The first-order valence-electron chi connectivity index (χ1n) is 5.24. The van der Waals surface area contributed by atoms with Gasteiger partial charge >= 0.3 is 13.0 Å². The van der Waals surface area contributed by atoms with Crippen molar-refractivity contribution < 1.29 is 14.9 Å². The number of hydrogen-bond acceptors (Lipinski definition) is 3. The van der Waals surface area contributed by atoms with E-state index in [0.717, 1.165) is 32.2 Å². The van der Waals surface area contributed by atoms with Gasteiger partial charge in [-0.25, -0.2) is 0 Å². The van der Waals surface area contributed by atoms with Crippen LogP contribution in [0.3, 0.4) is 0 Å². The Bertz CT molecular complexity index is 198. The van der Waals surface area contributed by atoms with Gasteiger partial charge in [0, 0.05) is 0 Å². The molecule has 1 aliphatic rings. The lowest BCUT2D eigenvalue weighted by Gasteiger charge is -2.26. The van der Waals surface area contributed by atoms with E-state index in [2.05, 4.69) is 5.23 Å². The minimum absolute atomic E-state index is 0.176. The Hall–Kier alpha value is -0.545. The highest BCUT2D eigenvalue weighted by atomic mass is 16.4. The van der Waals surface area contributed by atoms with E-state index in [-0.39, 0.29) is 5.92 Å². The summed E-state index contributed by atoms with van der Waals surface area (Å²) in [6.45, 7) is 2.40. The molecule has 4 nitrogen and oxygen atoms in total. The Morgan fingerprint density at radius 1 is 1.57 bits per heavy atom. The summed E-state index contributed by atoms with van der Waals surface area (Å²) in [7, 11) is -0.500. The molecular weight excluding hydrogens is 181 g/mol. The van der Waals surface area contributed by atoms with Crippen LogP contribution in [0.25, 0.3) is 0 Å². The van der Waals surface area contributed by atoms with Crippen LogP contribution in [0.15, 0.2) is 0 Å². The van der Waals surface area contributed by atoms with E-state index < -0.39 is 13.0 Å². The highest BCUT2D eigenvalue weighted by Gasteiger charge is 2.26. The molecule has 0 bridgehead atoms. The van der Waals surface area contributed by atoms with E-state index in [1.807, 2.05) is 0 Å². The molecule has 1 aliphatic carbocycles. The van der Waals surface area contributed by atoms with Crippen molar-refractivity contribution in [2.75, 3.05) is 6.54 Å². The molecule has 0 aromatic heterocycles. The number of carbonyl (C=O) groups is 1. The minimum atomic E-state index is -0.674. The van der Waals surface area contributed by atoms with Gasteiger partial charge < -0.3 is 15.4 Å². The van der Waals surface area contributed by atoms with Gasteiger partial charge in [0.15, 0.2) is 0 Å². The second-order valence-corrected chi connectivity index (χ2v) is 4.15. The maximum absolute atomic E-state index is 10.8. The average molecular weight is 199 g/mol. The monoisotopic (exact) mass is 199 g/mol. The smallest absolute Gasteiger partial charge is 0.373 e. The van der Waals surface area contributed by atoms with E-state index >= 15 is 0 Å². The molecule has 0 amide bonds. The Labute approximate surface area is 84.8 Å². The van der Waals surface area contributed by atoms with Crippen molar-refractivity contribution in [1.29, 1.82) is 0 Å². The van der Waals surface area contributed by atoms with Crippen LogP contribution in [-0.4, -0.2) is 29.7 Å². The standard InChI is InChI=1S/C9H18BNO3/c1-10(14)11-6-7-3-2-4-8(5-7)9(12)13/h7-8,11,14H,2-6H2,1H3,(H,12,13)/t7-,8+/m1/s1. The second-order valence-electron chi connectivity index (χ2n) is 4.15. The van der Waals surface area contributed by atoms with Crippen molar-refractivity contribution >= 4 is 13.0 Å². The van der Waals surface area contributed by atoms with Crippen LogP contribution in [0, 0.1) is 11.8 Å². The average Bonchev–Trinajstić information content (AvgIpc) is 2.15. The van der Waals surface area contributed by atoms with Crippen LogP contribution in [0.1, 0.15) is 25.7 Å². The molecule has 0 aromatic carbocycles. The molecule has 0 spiro atoms. The van der Waals surface area contributed by atoms with Crippen LogP contribution < -0.4 is 5.23 Å². The van der Waals surface area contributed by atoms with Crippen molar-refractivity contribution in [3.8, 4) is 0 Å².